The molecular weight excluding hydrogens is 426 g/mol. The van der Waals surface area contributed by atoms with Crippen molar-refractivity contribution in [3.05, 3.63) is 88.5 Å². The molecule has 0 radical (unpaired) electrons. The van der Waals surface area contributed by atoms with Crippen molar-refractivity contribution in [2.75, 3.05) is 5.32 Å². The fourth-order valence-electron chi connectivity index (χ4n) is 3.40. The van der Waals surface area contributed by atoms with Crippen LogP contribution < -0.4 is 10.1 Å². The second kappa shape index (κ2) is 9.20. The van der Waals surface area contributed by atoms with Gasteiger partial charge in [-0.15, -0.1) is 0 Å². The average molecular weight is 448 g/mol. The lowest BCUT2D eigenvalue weighted by Crippen LogP contribution is -2.16. The van der Waals surface area contributed by atoms with Gasteiger partial charge < -0.3 is 10.1 Å². The highest BCUT2D eigenvalue weighted by atomic mass is 35.5. The van der Waals surface area contributed by atoms with Gasteiger partial charge in [0.1, 0.15) is 5.75 Å². The van der Waals surface area contributed by atoms with E-state index in [9.17, 15) is 4.79 Å². The Hall–Kier alpha value is -3.71. The molecule has 7 nitrogen and oxygen atoms in total. The maximum absolute atomic E-state index is 12.8. The maximum Gasteiger partial charge on any atom is 0.321 e. The normalized spacial score (nSPS) is 10.8. The number of nitrogens with one attached hydrogen (secondary N) is 1. The third-order valence-corrected chi connectivity index (χ3v) is 5.32. The van der Waals surface area contributed by atoms with Crippen LogP contribution in [0.25, 0.3) is 5.69 Å². The van der Waals surface area contributed by atoms with Gasteiger partial charge in [0.25, 0.3) is 0 Å². The first-order chi connectivity index (χ1) is 15.4. The summed E-state index contributed by atoms with van der Waals surface area (Å²) < 4.78 is 7.47. The van der Waals surface area contributed by atoms with Crippen LogP contribution in [0, 0.1) is 20.8 Å². The minimum atomic E-state index is -0.116. The molecule has 1 amide bonds. The molecule has 162 valence electrons. The van der Waals surface area contributed by atoms with Gasteiger partial charge in [-0.1, -0.05) is 11.6 Å². The van der Waals surface area contributed by atoms with Crippen LogP contribution in [0.1, 0.15) is 22.5 Å². The standard InChI is InChI=1S/C24H22ClN5O2/c1-15-13-20(32-24-26-11-4-12-27-24)9-10-22(15)28-23(31)14-21-16(2)29-30(17(21)3)19-7-5-18(25)6-8-19/h4-13H,14H2,1-3H3,(H,28,31). The Kier molecular flexibility index (Phi) is 6.18. The molecular formula is C24H22ClN5O2. The number of ether oxygens (including phenoxy) is 1. The smallest absolute Gasteiger partial charge is 0.321 e. The largest absolute Gasteiger partial charge is 0.424 e. The highest BCUT2D eigenvalue weighted by molar-refractivity contribution is 6.30. The molecule has 8 heteroatoms. The lowest BCUT2D eigenvalue weighted by Gasteiger charge is -2.11. The molecule has 0 unspecified atom stereocenters. The first-order valence-corrected chi connectivity index (χ1v) is 10.4. The lowest BCUT2D eigenvalue weighted by molar-refractivity contribution is -0.115. The van der Waals surface area contributed by atoms with E-state index in [1.165, 1.54) is 0 Å². The van der Waals surface area contributed by atoms with E-state index in [0.29, 0.717) is 10.8 Å². The lowest BCUT2D eigenvalue weighted by atomic mass is 10.1. The first kappa shape index (κ1) is 21.5. The van der Waals surface area contributed by atoms with Crippen LogP contribution in [0.2, 0.25) is 5.02 Å². The molecule has 2 aromatic carbocycles. The van der Waals surface area contributed by atoms with Crippen LogP contribution in [-0.4, -0.2) is 25.7 Å². The van der Waals surface area contributed by atoms with Crippen molar-refractivity contribution < 1.29 is 9.53 Å². The highest BCUT2D eigenvalue weighted by Crippen LogP contribution is 2.25. The highest BCUT2D eigenvalue weighted by Gasteiger charge is 2.17. The molecule has 4 rings (SSSR count). The molecule has 0 atom stereocenters. The van der Waals surface area contributed by atoms with Gasteiger partial charge in [0.2, 0.25) is 5.91 Å². The molecule has 4 aromatic rings. The number of carbonyl (C=O) groups is 1. The molecule has 0 spiro atoms. The number of nitrogens with zero attached hydrogens (tertiary/aromatic N) is 4. The van der Waals surface area contributed by atoms with Crippen molar-refractivity contribution >= 4 is 23.2 Å². The quantitative estimate of drug-likeness (QED) is 0.438. The van der Waals surface area contributed by atoms with Gasteiger partial charge in [-0.25, -0.2) is 14.6 Å². The van der Waals surface area contributed by atoms with E-state index in [-0.39, 0.29) is 18.3 Å². The minimum Gasteiger partial charge on any atom is -0.424 e. The summed E-state index contributed by atoms with van der Waals surface area (Å²) in [6.07, 6.45) is 3.45. The Bertz CT molecular complexity index is 1250. The number of benzene rings is 2. The summed E-state index contributed by atoms with van der Waals surface area (Å²) in [6.45, 7) is 5.77. The van der Waals surface area contributed by atoms with E-state index in [2.05, 4.69) is 20.4 Å². The number of aromatic nitrogens is 4. The van der Waals surface area contributed by atoms with Crippen LogP contribution in [0.3, 0.4) is 0 Å². The van der Waals surface area contributed by atoms with Gasteiger partial charge >= 0.3 is 6.01 Å². The summed E-state index contributed by atoms with van der Waals surface area (Å²) >= 11 is 5.99. The van der Waals surface area contributed by atoms with Crippen LogP contribution in [0.15, 0.2) is 60.9 Å². The summed E-state index contributed by atoms with van der Waals surface area (Å²) in [5.41, 5.74) is 5.12. The zero-order chi connectivity index (χ0) is 22.7. The first-order valence-electron chi connectivity index (χ1n) is 10.1. The van der Waals surface area contributed by atoms with E-state index in [4.69, 9.17) is 16.3 Å². The van der Waals surface area contributed by atoms with E-state index >= 15 is 0 Å². The number of hydrogen-bond donors (Lipinski definition) is 1. The fraction of sp³-hybridized carbons (Fsp3) is 0.167. The summed E-state index contributed by atoms with van der Waals surface area (Å²) in [5.74, 6) is 0.484. The molecule has 0 aliphatic carbocycles. The number of amides is 1. The van der Waals surface area contributed by atoms with Crippen LogP contribution in [-0.2, 0) is 11.2 Å². The summed E-state index contributed by atoms with van der Waals surface area (Å²) in [6, 6.07) is 14.8. The predicted octanol–water partition coefficient (Wildman–Crippen LogP) is 5.21. The third-order valence-electron chi connectivity index (χ3n) is 5.07. The van der Waals surface area contributed by atoms with Crippen molar-refractivity contribution in [3.8, 4) is 17.4 Å². The van der Waals surface area contributed by atoms with Crippen molar-refractivity contribution in [1.29, 1.82) is 0 Å². The molecule has 2 heterocycles. The summed E-state index contributed by atoms with van der Waals surface area (Å²) in [4.78, 5) is 20.9. The van der Waals surface area contributed by atoms with Gasteiger partial charge in [-0.3, -0.25) is 4.79 Å². The van der Waals surface area contributed by atoms with Crippen LogP contribution in [0.4, 0.5) is 5.69 Å². The van der Waals surface area contributed by atoms with Crippen molar-refractivity contribution in [3.63, 3.8) is 0 Å². The minimum absolute atomic E-state index is 0.116. The maximum atomic E-state index is 12.8. The average Bonchev–Trinajstić information content (AvgIpc) is 3.05. The fourth-order valence-corrected chi connectivity index (χ4v) is 3.53. The van der Waals surface area contributed by atoms with Gasteiger partial charge in [-0.05, 0) is 74.9 Å². The van der Waals surface area contributed by atoms with E-state index in [1.54, 1.807) is 24.5 Å². The second-order valence-corrected chi connectivity index (χ2v) is 7.81. The Morgan fingerprint density at radius 2 is 1.78 bits per heavy atom. The van der Waals surface area contributed by atoms with E-state index in [0.717, 1.165) is 33.9 Å². The van der Waals surface area contributed by atoms with Crippen molar-refractivity contribution in [2.45, 2.75) is 27.2 Å². The van der Waals surface area contributed by atoms with E-state index < -0.39 is 0 Å². The van der Waals surface area contributed by atoms with Crippen molar-refractivity contribution in [2.24, 2.45) is 0 Å². The molecule has 0 saturated heterocycles. The van der Waals surface area contributed by atoms with Crippen LogP contribution in [0.5, 0.6) is 11.8 Å². The number of hydrogen-bond acceptors (Lipinski definition) is 5. The molecule has 0 aliphatic heterocycles. The molecule has 1 N–H and O–H groups in total. The molecule has 0 aliphatic rings. The Morgan fingerprint density at radius 3 is 2.47 bits per heavy atom. The number of anilines is 1. The monoisotopic (exact) mass is 447 g/mol. The van der Waals surface area contributed by atoms with Gasteiger partial charge in [-0.2, -0.15) is 5.10 Å². The zero-order valence-electron chi connectivity index (χ0n) is 18.0. The molecule has 0 fully saturated rings. The number of halogens is 1. The van der Waals surface area contributed by atoms with Gasteiger partial charge in [0.05, 0.1) is 17.8 Å². The Labute approximate surface area is 191 Å². The topological polar surface area (TPSA) is 81.9 Å². The SMILES string of the molecule is Cc1cc(Oc2ncccn2)ccc1NC(=O)Cc1c(C)nn(-c2ccc(Cl)cc2)c1C. The predicted molar refractivity (Wildman–Crippen MR) is 124 cm³/mol. The zero-order valence-corrected chi connectivity index (χ0v) is 18.7. The number of rotatable bonds is 6. The molecule has 0 saturated carbocycles. The summed E-state index contributed by atoms with van der Waals surface area (Å²) in [7, 11) is 0. The molecule has 2 aromatic heterocycles. The number of aryl methyl sites for hydroxylation is 2. The van der Waals surface area contributed by atoms with Gasteiger partial charge in [0.15, 0.2) is 0 Å². The summed E-state index contributed by atoms with van der Waals surface area (Å²) in [5, 5.41) is 8.25. The Balaban J connectivity index is 1.46. The van der Waals surface area contributed by atoms with Crippen molar-refractivity contribution in [1.82, 2.24) is 19.7 Å². The van der Waals surface area contributed by atoms with Gasteiger partial charge in [0, 0.05) is 34.4 Å². The third kappa shape index (κ3) is 4.78. The Morgan fingerprint density at radius 1 is 1.06 bits per heavy atom. The molecule has 0 bridgehead atoms. The molecule has 32 heavy (non-hydrogen) atoms. The van der Waals surface area contributed by atoms with Crippen LogP contribution >= 0.6 is 11.6 Å². The second-order valence-electron chi connectivity index (χ2n) is 7.37. The van der Waals surface area contributed by atoms with E-state index in [1.807, 2.05) is 61.9 Å². The number of carbonyl (C=O) groups excluding carboxylic acids is 1.